The number of ether oxygens (including phenoxy) is 2. The lowest BCUT2D eigenvalue weighted by Gasteiger charge is -2.32. The van der Waals surface area contributed by atoms with Crippen molar-refractivity contribution in [3.05, 3.63) is 22.7 Å². The van der Waals surface area contributed by atoms with Crippen LogP contribution in [0.1, 0.15) is 43.5 Å². The lowest BCUT2D eigenvalue weighted by Crippen LogP contribution is -2.43. The van der Waals surface area contributed by atoms with E-state index in [1.165, 1.54) is 0 Å². The zero-order valence-corrected chi connectivity index (χ0v) is 16.7. The first kappa shape index (κ1) is 21.9. The second-order valence-electron chi connectivity index (χ2n) is 5.96. The van der Waals surface area contributed by atoms with Crippen LogP contribution in [-0.4, -0.2) is 50.2 Å². The molecule has 1 N–H and O–H groups in total. The van der Waals surface area contributed by atoms with Crippen molar-refractivity contribution in [2.45, 2.75) is 39.2 Å². The third-order valence-corrected chi connectivity index (χ3v) is 4.46. The summed E-state index contributed by atoms with van der Waals surface area (Å²) in [5.41, 5.74) is 0.535. The number of piperidine rings is 1. The average Bonchev–Trinajstić information content (AvgIpc) is 2.60. The molecule has 1 aliphatic rings. The monoisotopic (exact) mass is 390 g/mol. The first-order valence-electron chi connectivity index (χ1n) is 8.65. The summed E-state index contributed by atoms with van der Waals surface area (Å²) in [6.07, 6.45) is 2.80. The first-order valence-corrected chi connectivity index (χ1v) is 9.03. The predicted octanol–water partition coefficient (Wildman–Crippen LogP) is 3.77. The van der Waals surface area contributed by atoms with Gasteiger partial charge in [0.25, 0.3) is 5.91 Å². The molecule has 1 heterocycles. The quantitative estimate of drug-likeness (QED) is 0.769. The van der Waals surface area contributed by atoms with Gasteiger partial charge in [-0.2, -0.15) is 0 Å². The first-order chi connectivity index (χ1) is 11.6. The number of nitrogens with zero attached hydrogens (tertiary/aromatic N) is 1. The van der Waals surface area contributed by atoms with Gasteiger partial charge in [-0.25, -0.2) is 0 Å². The SMILES string of the molecule is CCCOc1c(Cl)cc(C(=O)N(C)C2CCNCC2)cc1OCC.Cl. The molecular weight excluding hydrogens is 363 g/mol. The minimum Gasteiger partial charge on any atom is -0.490 e. The van der Waals surface area contributed by atoms with Crippen LogP contribution in [0.2, 0.25) is 5.02 Å². The Labute approximate surface area is 161 Å². The minimum absolute atomic E-state index is 0. The zero-order valence-electron chi connectivity index (χ0n) is 15.1. The molecule has 0 unspecified atom stereocenters. The summed E-state index contributed by atoms with van der Waals surface area (Å²) in [4.78, 5) is 14.6. The Bertz CT molecular complexity index is 563. The Kier molecular flexibility index (Phi) is 9.39. The number of nitrogens with one attached hydrogen (secondary N) is 1. The fourth-order valence-corrected chi connectivity index (χ4v) is 3.13. The number of carbonyl (C=O) groups is 1. The van der Waals surface area contributed by atoms with E-state index >= 15 is 0 Å². The second-order valence-corrected chi connectivity index (χ2v) is 6.37. The topological polar surface area (TPSA) is 50.8 Å². The summed E-state index contributed by atoms with van der Waals surface area (Å²) in [6, 6.07) is 3.67. The Morgan fingerprint density at radius 2 is 1.96 bits per heavy atom. The summed E-state index contributed by atoms with van der Waals surface area (Å²) in [5, 5.41) is 3.73. The molecule has 1 fully saturated rings. The maximum Gasteiger partial charge on any atom is 0.254 e. The van der Waals surface area contributed by atoms with Gasteiger partial charge in [0.1, 0.15) is 0 Å². The Morgan fingerprint density at radius 1 is 1.28 bits per heavy atom. The molecule has 1 aliphatic heterocycles. The summed E-state index contributed by atoms with van der Waals surface area (Å²) in [6.45, 7) is 6.85. The molecule has 1 amide bonds. The van der Waals surface area contributed by atoms with Gasteiger partial charge in [-0.15, -0.1) is 12.4 Å². The summed E-state index contributed by atoms with van der Waals surface area (Å²) < 4.78 is 11.3. The van der Waals surface area contributed by atoms with E-state index in [4.69, 9.17) is 21.1 Å². The van der Waals surface area contributed by atoms with Gasteiger partial charge < -0.3 is 19.7 Å². The number of amides is 1. The number of benzene rings is 1. The van der Waals surface area contributed by atoms with E-state index in [0.29, 0.717) is 35.3 Å². The number of rotatable bonds is 7. The molecule has 0 radical (unpaired) electrons. The molecular formula is C18H28Cl2N2O3. The maximum atomic E-state index is 12.8. The Morgan fingerprint density at radius 3 is 2.56 bits per heavy atom. The molecule has 1 aromatic rings. The minimum atomic E-state index is -0.0354. The molecule has 0 aromatic heterocycles. The second kappa shape index (κ2) is 10.7. The van der Waals surface area contributed by atoms with Crippen LogP contribution in [0.4, 0.5) is 0 Å². The Hall–Kier alpha value is -1.17. The van der Waals surface area contributed by atoms with E-state index in [-0.39, 0.29) is 24.4 Å². The van der Waals surface area contributed by atoms with Crippen molar-refractivity contribution in [1.82, 2.24) is 10.2 Å². The third kappa shape index (κ3) is 5.66. The fourth-order valence-electron chi connectivity index (χ4n) is 2.86. The number of halogens is 2. The average molecular weight is 391 g/mol. The molecule has 7 heteroatoms. The molecule has 1 saturated heterocycles. The summed E-state index contributed by atoms with van der Waals surface area (Å²) in [5.74, 6) is 1.01. The van der Waals surface area contributed by atoms with Gasteiger partial charge in [0, 0.05) is 18.7 Å². The summed E-state index contributed by atoms with van der Waals surface area (Å²) >= 11 is 6.35. The highest BCUT2D eigenvalue weighted by Crippen LogP contribution is 2.37. The van der Waals surface area contributed by atoms with Crippen molar-refractivity contribution >= 4 is 29.9 Å². The molecule has 0 saturated carbocycles. The number of hydrogen-bond acceptors (Lipinski definition) is 4. The maximum absolute atomic E-state index is 12.8. The molecule has 0 aliphatic carbocycles. The standard InChI is InChI=1S/C18H27ClN2O3.ClH/c1-4-10-24-17-15(19)11-13(12-16(17)23-5-2)18(22)21(3)14-6-8-20-9-7-14;/h11-12,14,20H,4-10H2,1-3H3;1H. The number of hydrogen-bond donors (Lipinski definition) is 1. The highest BCUT2D eigenvalue weighted by atomic mass is 35.5. The number of carbonyl (C=O) groups excluding carboxylic acids is 1. The van der Waals surface area contributed by atoms with E-state index in [0.717, 1.165) is 32.4 Å². The zero-order chi connectivity index (χ0) is 17.5. The predicted molar refractivity (Wildman–Crippen MR) is 104 cm³/mol. The lowest BCUT2D eigenvalue weighted by molar-refractivity contribution is 0.0702. The Balaban J connectivity index is 0.00000312. The van der Waals surface area contributed by atoms with Crippen LogP contribution in [0.3, 0.4) is 0 Å². The van der Waals surface area contributed by atoms with Gasteiger partial charge in [-0.1, -0.05) is 18.5 Å². The van der Waals surface area contributed by atoms with Crippen LogP contribution in [0.5, 0.6) is 11.5 Å². The van der Waals surface area contributed by atoms with Crippen LogP contribution >= 0.6 is 24.0 Å². The van der Waals surface area contributed by atoms with Crippen LogP contribution < -0.4 is 14.8 Å². The van der Waals surface area contributed by atoms with Crippen LogP contribution in [-0.2, 0) is 0 Å². The van der Waals surface area contributed by atoms with Crippen molar-refractivity contribution in [1.29, 1.82) is 0 Å². The molecule has 0 atom stereocenters. The third-order valence-electron chi connectivity index (χ3n) is 4.18. The molecule has 2 rings (SSSR count). The fraction of sp³-hybridized carbons (Fsp3) is 0.611. The van der Waals surface area contributed by atoms with E-state index in [1.807, 2.05) is 25.8 Å². The molecule has 0 bridgehead atoms. The largest absolute Gasteiger partial charge is 0.490 e. The summed E-state index contributed by atoms with van der Waals surface area (Å²) in [7, 11) is 1.86. The van der Waals surface area contributed by atoms with Crippen molar-refractivity contribution in [2.24, 2.45) is 0 Å². The van der Waals surface area contributed by atoms with Gasteiger partial charge in [-0.05, 0) is 51.4 Å². The lowest BCUT2D eigenvalue weighted by atomic mass is 10.0. The van der Waals surface area contributed by atoms with E-state index in [9.17, 15) is 4.79 Å². The van der Waals surface area contributed by atoms with Crippen LogP contribution in [0, 0.1) is 0 Å². The molecule has 1 aromatic carbocycles. The van der Waals surface area contributed by atoms with Crippen molar-refractivity contribution in [3.63, 3.8) is 0 Å². The van der Waals surface area contributed by atoms with Gasteiger partial charge in [0.2, 0.25) is 0 Å². The van der Waals surface area contributed by atoms with Crippen LogP contribution in [0.15, 0.2) is 12.1 Å². The van der Waals surface area contributed by atoms with Gasteiger partial charge in [0.05, 0.1) is 18.2 Å². The van der Waals surface area contributed by atoms with Crippen molar-refractivity contribution < 1.29 is 14.3 Å². The van der Waals surface area contributed by atoms with Gasteiger partial charge in [-0.3, -0.25) is 4.79 Å². The van der Waals surface area contributed by atoms with E-state index in [1.54, 1.807) is 12.1 Å². The molecule has 5 nitrogen and oxygen atoms in total. The normalized spacial score (nSPS) is 14.6. The smallest absolute Gasteiger partial charge is 0.254 e. The van der Waals surface area contributed by atoms with Crippen molar-refractivity contribution in [2.75, 3.05) is 33.4 Å². The highest BCUT2D eigenvalue weighted by Gasteiger charge is 2.24. The highest BCUT2D eigenvalue weighted by molar-refractivity contribution is 6.32. The van der Waals surface area contributed by atoms with Crippen LogP contribution in [0.25, 0.3) is 0 Å². The van der Waals surface area contributed by atoms with E-state index in [2.05, 4.69) is 5.32 Å². The molecule has 0 spiro atoms. The van der Waals surface area contributed by atoms with Gasteiger partial charge >= 0.3 is 0 Å². The van der Waals surface area contributed by atoms with Gasteiger partial charge in [0.15, 0.2) is 11.5 Å². The molecule has 25 heavy (non-hydrogen) atoms. The molecule has 142 valence electrons. The van der Waals surface area contributed by atoms with E-state index < -0.39 is 0 Å². The van der Waals surface area contributed by atoms with Crippen molar-refractivity contribution in [3.8, 4) is 11.5 Å².